The van der Waals surface area contributed by atoms with E-state index in [0.717, 1.165) is 0 Å². The molecular weight excluding hydrogens is 305 g/mol. The van der Waals surface area contributed by atoms with Crippen LogP contribution in [-0.4, -0.2) is 42.1 Å². The van der Waals surface area contributed by atoms with Crippen molar-refractivity contribution in [3.05, 3.63) is 28.2 Å². The molecule has 1 N–H and O–H groups in total. The van der Waals surface area contributed by atoms with E-state index in [0.29, 0.717) is 15.8 Å². The van der Waals surface area contributed by atoms with Gasteiger partial charge in [0.1, 0.15) is 5.75 Å². The van der Waals surface area contributed by atoms with Gasteiger partial charge in [-0.2, -0.15) is 0 Å². The number of benzene rings is 1. The van der Waals surface area contributed by atoms with E-state index >= 15 is 0 Å². The molecule has 1 rings (SSSR count). The number of carboxylic acid groups (broad SMARTS) is 1. The minimum absolute atomic E-state index is 0.124. The molecule has 0 radical (unpaired) electrons. The smallest absolute Gasteiger partial charge is 0.308 e. The third-order valence-electron chi connectivity index (χ3n) is 2.65. The highest BCUT2D eigenvalue weighted by atomic mass is 35.5. The number of ether oxygens (including phenoxy) is 1. The Labute approximate surface area is 127 Å². The van der Waals surface area contributed by atoms with Gasteiger partial charge in [-0.1, -0.05) is 30.1 Å². The number of hydrogen-bond donors (Lipinski definition) is 1. The first kappa shape index (κ1) is 16.6. The van der Waals surface area contributed by atoms with Crippen LogP contribution in [0.5, 0.6) is 5.75 Å². The monoisotopic (exact) mass is 319 g/mol. The number of likely N-dealkylation sites (N-methyl/N-ethyl adjacent to an activating group) is 1. The molecule has 20 heavy (non-hydrogen) atoms. The second-order valence-corrected chi connectivity index (χ2v) is 5.19. The highest BCUT2D eigenvalue weighted by molar-refractivity contribution is 6.42. The maximum atomic E-state index is 11.8. The average Bonchev–Trinajstić information content (AvgIpc) is 2.39. The van der Waals surface area contributed by atoms with Crippen molar-refractivity contribution < 1.29 is 19.4 Å². The van der Waals surface area contributed by atoms with Gasteiger partial charge in [0.15, 0.2) is 6.61 Å². The van der Waals surface area contributed by atoms with Gasteiger partial charge in [-0.05, 0) is 12.1 Å². The molecule has 7 heteroatoms. The summed E-state index contributed by atoms with van der Waals surface area (Å²) in [4.78, 5) is 23.8. The van der Waals surface area contributed by atoms with Crippen molar-refractivity contribution in [2.45, 2.75) is 6.92 Å². The Morgan fingerprint density at radius 3 is 2.55 bits per heavy atom. The minimum atomic E-state index is -0.949. The van der Waals surface area contributed by atoms with Gasteiger partial charge in [0.2, 0.25) is 0 Å². The zero-order valence-electron chi connectivity index (χ0n) is 11.1. The number of carbonyl (C=O) groups is 2. The molecule has 1 aromatic rings. The van der Waals surface area contributed by atoms with Crippen LogP contribution < -0.4 is 4.74 Å². The summed E-state index contributed by atoms with van der Waals surface area (Å²) in [5.74, 6) is -1.47. The fourth-order valence-electron chi connectivity index (χ4n) is 1.41. The third kappa shape index (κ3) is 4.90. The molecule has 0 bridgehead atoms. The number of hydrogen-bond acceptors (Lipinski definition) is 3. The summed E-state index contributed by atoms with van der Waals surface area (Å²) in [6.07, 6.45) is 0. The Hall–Kier alpha value is -1.46. The van der Waals surface area contributed by atoms with E-state index in [9.17, 15) is 9.59 Å². The molecule has 1 unspecified atom stereocenters. The molecule has 0 heterocycles. The number of halogens is 2. The third-order valence-corrected chi connectivity index (χ3v) is 3.39. The zero-order chi connectivity index (χ0) is 15.3. The molecule has 0 aliphatic rings. The van der Waals surface area contributed by atoms with Crippen molar-refractivity contribution in [3.8, 4) is 5.75 Å². The Morgan fingerprint density at radius 2 is 2.00 bits per heavy atom. The van der Waals surface area contributed by atoms with Crippen LogP contribution in [0.15, 0.2) is 18.2 Å². The van der Waals surface area contributed by atoms with E-state index < -0.39 is 11.9 Å². The molecule has 1 amide bonds. The van der Waals surface area contributed by atoms with Crippen LogP contribution >= 0.6 is 23.2 Å². The Bertz CT molecular complexity index is 507. The van der Waals surface area contributed by atoms with E-state index in [4.69, 9.17) is 33.0 Å². The first-order valence-electron chi connectivity index (χ1n) is 5.86. The van der Waals surface area contributed by atoms with Crippen molar-refractivity contribution in [2.24, 2.45) is 5.92 Å². The maximum absolute atomic E-state index is 11.8. The largest absolute Gasteiger partial charge is 0.484 e. The summed E-state index contributed by atoms with van der Waals surface area (Å²) < 4.78 is 5.29. The van der Waals surface area contributed by atoms with Crippen molar-refractivity contribution in [1.29, 1.82) is 0 Å². The maximum Gasteiger partial charge on any atom is 0.308 e. The van der Waals surface area contributed by atoms with Gasteiger partial charge in [0, 0.05) is 19.7 Å². The first-order chi connectivity index (χ1) is 9.31. The van der Waals surface area contributed by atoms with Crippen molar-refractivity contribution in [3.63, 3.8) is 0 Å². The van der Waals surface area contributed by atoms with E-state index in [2.05, 4.69) is 0 Å². The second kappa shape index (κ2) is 7.36. The Kier molecular flexibility index (Phi) is 6.10. The predicted octanol–water partition coefficient (Wildman–Crippen LogP) is 2.55. The highest BCUT2D eigenvalue weighted by Crippen LogP contribution is 2.26. The lowest BCUT2D eigenvalue weighted by molar-refractivity contribution is -0.143. The summed E-state index contributed by atoms with van der Waals surface area (Å²) in [6, 6.07) is 4.68. The molecule has 0 fully saturated rings. The summed E-state index contributed by atoms with van der Waals surface area (Å²) >= 11 is 11.6. The van der Waals surface area contributed by atoms with Crippen molar-refractivity contribution in [2.75, 3.05) is 20.2 Å². The van der Waals surface area contributed by atoms with Gasteiger partial charge in [0.05, 0.1) is 16.0 Å². The van der Waals surface area contributed by atoms with Gasteiger partial charge >= 0.3 is 5.97 Å². The Morgan fingerprint density at radius 1 is 1.35 bits per heavy atom. The lowest BCUT2D eigenvalue weighted by atomic mass is 10.2. The van der Waals surface area contributed by atoms with Crippen LogP contribution in [0.2, 0.25) is 10.0 Å². The first-order valence-corrected chi connectivity index (χ1v) is 6.61. The molecule has 0 saturated heterocycles. The normalized spacial score (nSPS) is 11.8. The summed E-state index contributed by atoms with van der Waals surface area (Å²) in [5, 5.41) is 9.52. The van der Waals surface area contributed by atoms with Crippen LogP contribution in [0.1, 0.15) is 6.92 Å². The molecular formula is C13H15Cl2NO4. The highest BCUT2D eigenvalue weighted by Gasteiger charge is 2.17. The topological polar surface area (TPSA) is 66.8 Å². The van der Waals surface area contributed by atoms with E-state index in [-0.39, 0.29) is 19.1 Å². The van der Waals surface area contributed by atoms with Crippen molar-refractivity contribution >= 4 is 35.1 Å². The summed E-state index contributed by atoms with van der Waals surface area (Å²) in [6.45, 7) is 1.46. The SMILES string of the molecule is CC(CN(C)C(=O)COc1ccc(Cl)c(Cl)c1)C(=O)O. The molecule has 110 valence electrons. The number of amides is 1. The van der Waals surface area contributed by atoms with Crippen LogP contribution in [-0.2, 0) is 9.59 Å². The number of rotatable bonds is 6. The van der Waals surface area contributed by atoms with Crippen molar-refractivity contribution in [1.82, 2.24) is 4.90 Å². The lowest BCUT2D eigenvalue weighted by Gasteiger charge is -2.19. The summed E-state index contributed by atoms with van der Waals surface area (Å²) in [7, 11) is 1.53. The molecule has 5 nitrogen and oxygen atoms in total. The average molecular weight is 320 g/mol. The fourth-order valence-corrected chi connectivity index (χ4v) is 1.70. The minimum Gasteiger partial charge on any atom is -0.484 e. The molecule has 1 atom stereocenters. The number of carbonyl (C=O) groups excluding carboxylic acids is 1. The van der Waals surface area contributed by atoms with E-state index in [1.807, 2.05) is 0 Å². The van der Waals surface area contributed by atoms with Gasteiger partial charge in [-0.15, -0.1) is 0 Å². The fraction of sp³-hybridized carbons (Fsp3) is 0.385. The second-order valence-electron chi connectivity index (χ2n) is 4.38. The number of nitrogens with zero attached hydrogens (tertiary/aromatic N) is 1. The molecule has 0 saturated carbocycles. The van der Waals surface area contributed by atoms with E-state index in [1.165, 1.54) is 24.9 Å². The quantitative estimate of drug-likeness (QED) is 0.875. The summed E-state index contributed by atoms with van der Waals surface area (Å²) in [5.41, 5.74) is 0. The molecule has 1 aromatic carbocycles. The van der Waals surface area contributed by atoms with Crippen LogP contribution in [0.25, 0.3) is 0 Å². The standard InChI is InChI=1S/C13H15Cl2NO4/c1-8(13(18)19)6-16(2)12(17)7-20-9-3-4-10(14)11(15)5-9/h3-5,8H,6-7H2,1-2H3,(H,18,19). The van der Waals surface area contributed by atoms with Gasteiger partial charge in [-0.3, -0.25) is 9.59 Å². The molecule has 0 aromatic heterocycles. The number of aliphatic carboxylic acids is 1. The van der Waals surface area contributed by atoms with Gasteiger partial charge in [-0.25, -0.2) is 0 Å². The Balaban J connectivity index is 2.50. The van der Waals surface area contributed by atoms with Crippen LogP contribution in [0.3, 0.4) is 0 Å². The molecule has 0 aliphatic carbocycles. The zero-order valence-corrected chi connectivity index (χ0v) is 12.6. The predicted molar refractivity (Wildman–Crippen MR) is 76.4 cm³/mol. The number of carboxylic acids is 1. The molecule has 0 spiro atoms. The van der Waals surface area contributed by atoms with E-state index in [1.54, 1.807) is 12.1 Å². The van der Waals surface area contributed by atoms with Crippen LogP contribution in [0, 0.1) is 5.92 Å². The van der Waals surface area contributed by atoms with Gasteiger partial charge in [0.25, 0.3) is 5.91 Å². The lowest BCUT2D eigenvalue weighted by Crippen LogP contribution is -2.36. The molecule has 0 aliphatic heterocycles. The van der Waals surface area contributed by atoms with Crippen LogP contribution in [0.4, 0.5) is 0 Å². The van der Waals surface area contributed by atoms with Gasteiger partial charge < -0.3 is 14.7 Å².